The molecule has 1 aromatic carbocycles. The second-order valence-electron chi connectivity index (χ2n) is 4.38. The van der Waals surface area contributed by atoms with Gasteiger partial charge in [-0.25, -0.2) is 9.37 Å². The molecule has 0 bridgehead atoms. The fourth-order valence-electron chi connectivity index (χ4n) is 1.84. The molecule has 1 heterocycles. The fraction of sp³-hybridized carbons (Fsp3) is 0.267. The van der Waals surface area contributed by atoms with Crippen LogP contribution in [-0.4, -0.2) is 11.5 Å². The number of hydrogen-bond donors (Lipinski definition) is 1. The van der Waals surface area contributed by atoms with Crippen LogP contribution < -0.4 is 10.1 Å². The predicted octanol–water partition coefficient (Wildman–Crippen LogP) is 4.45. The summed E-state index contributed by atoms with van der Waals surface area (Å²) in [5, 5.41) is 3.31. The van der Waals surface area contributed by atoms with Gasteiger partial charge in [0.1, 0.15) is 0 Å². The topological polar surface area (TPSA) is 34.2 Å². The van der Waals surface area contributed by atoms with Crippen LogP contribution in [0.1, 0.15) is 25.5 Å². The van der Waals surface area contributed by atoms with Gasteiger partial charge in [-0.2, -0.15) is 0 Å². The van der Waals surface area contributed by atoms with E-state index in [1.54, 1.807) is 18.3 Å². The number of aromatic nitrogens is 1. The third kappa shape index (κ3) is 3.77. The maximum Gasteiger partial charge on any atom is 0.219 e. The summed E-state index contributed by atoms with van der Waals surface area (Å²) in [4.78, 5) is 4.11. The Morgan fingerprint density at radius 3 is 2.85 bits per heavy atom. The van der Waals surface area contributed by atoms with Crippen molar-refractivity contribution in [2.45, 2.75) is 19.9 Å². The highest BCUT2D eigenvalue weighted by molar-refractivity contribution is 9.10. The molecule has 1 aromatic heterocycles. The third-order valence-electron chi connectivity index (χ3n) is 2.88. The number of nitrogens with one attached hydrogen (secondary N) is 1. The Morgan fingerprint density at radius 2 is 2.15 bits per heavy atom. The van der Waals surface area contributed by atoms with Crippen molar-refractivity contribution >= 4 is 15.9 Å². The summed E-state index contributed by atoms with van der Waals surface area (Å²) >= 11 is 3.21. The van der Waals surface area contributed by atoms with Crippen molar-refractivity contribution in [1.29, 1.82) is 0 Å². The predicted molar refractivity (Wildman–Crippen MR) is 80.5 cm³/mol. The minimum absolute atomic E-state index is 0.161. The average Bonchev–Trinajstić information content (AvgIpc) is 2.43. The molecule has 0 amide bonds. The van der Waals surface area contributed by atoms with Crippen LogP contribution in [0.3, 0.4) is 0 Å². The molecular weight excluding hydrogens is 323 g/mol. The molecule has 20 heavy (non-hydrogen) atoms. The van der Waals surface area contributed by atoms with Crippen molar-refractivity contribution in [2.75, 3.05) is 6.54 Å². The van der Waals surface area contributed by atoms with E-state index in [9.17, 15) is 4.39 Å². The number of hydrogen-bond acceptors (Lipinski definition) is 3. The van der Waals surface area contributed by atoms with E-state index in [-0.39, 0.29) is 11.8 Å². The van der Waals surface area contributed by atoms with E-state index in [0.717, 1.165) is 12.1 Å². The molecule has 0 aliphatic heterocycles. The van der Waals surface area contributed by atoms with Gasteiger partial charge in [0, 0.05) is 22.8 Å². The summed E-state index contributed by atoms with van der Waals surface area (Å²) in [6, 6.07) is 8.58. The molecule has 2 rings (SSSR count). The number of halogens is 2. The second kappa shape index (κ2) is 6.81. The summed E-state index contributed by atoms with van der Waals surface area (Å²) in [7, 11) is 0. The van der Waals surface area contributed by atoms with Crippen LogP contribution in [0, 0.1) is 5.82 Å². The van der Waals surface area contributed by atoms with Crippen molar-refractivity contribution in [3.05, 3.63) is 52.4 Å². The Kier molecular flexibility index (Phi) is 5.09. The molecule has 0 radical (unpaired) electrons. The summed E-state index contributed by atoms with van der Waals surface area (Å²) in [6.07, 6.45) is 1.66. The van der Waals surface area contributed by atoms with Gasteiger partial charge < -0.3 is 10.1 Å². The molecule has 0 fully saturated rings. The fourth-order valence-corrected chi connectivity index (χ4v) is 2.18. The first-order chi connectivity index (χ1) is 9.60. The quantitative estimate of drug-likeness (QED) is 0.874. The molecule has 1 N–H and O–H groups in total. The average molecular weight is 339 g/mol. The van der Waals surface area contributed by atoms with Crippen LogP contribution in [0.15, 0.2) is 41.0 Å². The third-order valence-corrected chi connectivity index (χ3v) is 3.37. The van der Waals surface area contributed by atoms with Gasteiger partial charge in [0.05, 0.1) is 0 Å². The van der Waals surface area contributed by atoms with Crippen LogP contribution in [0.5, 0.6) is 11.6 Å². The Hall–Kier alpha value is -1.46. The zero-order chi connectivity index (χ0) is 14.5. The molecular formula is C15H16BrFN2O. The molecule has 0 spiro atoms. The molecule has 0 saturated heterocycles. The number of ether oxygens (including phenoxy) is 1. The highest BCUT2D eigenvalue weighted by atomic mass is 79.9. The van der Waals surface area contributed by atoms with Crippen LogP contribution in [-0.2, 0) is 0 Å². The van der Waals surface area contributed by atoms with E-state index in [1.807, 2.05) is 19.1 Å². The second-order valence-corrected chi connectivity index (χ2v) is 5.30. The van der Waals surface area contributed by atoms with Crippen molar-refractivity contribution in [2.24, 2.45) is 0 Å². The number of nitrogens with zero attached hydrogens (tertiary/aromatic N) is 1. The van der Waals surface area contributed by atoms with E-state index in [0.29, 0.717) is 10.4 Å². The summed E-state index contributed by atoms with van der Waals surface area (Å²) in [6.45, 7) is 4.98. The lowest BCUT2D eigenvalue weighted by Crippen LogP contribution is -2.17. The maximum atomic E-state index is 13.7. The van der Waals surface area contributed by atoms with Crippen molar-refractivity contribution in [1.82, 2.24) is 10.3 Å². The lowest BCUT2D eigenvalue weighted by atomic mass is 10.1. The van der Waals surface area contributed by atoms with E-state index in [4.69, 9.17) is 4.74 Å². The normalized spacial score (nSPS) is 12.2. The number of benzene rings is 1. The lowest BCUT2D eigenvalue weighted by Gasteiger charge is -2.13. The Bertz CT molecular complexity index is 592. The van der Waals surface area contributed by atoms with Crippen LogP contribution in [0.2, 0.25) is 0 Å². The molecule has 0 aliphatic rings. The molecule has 106 valence electrons. The Balaban J connectivity index is 2.19. The standard InChI is InChI=1S/C15H16BrFN2O/c1-3-18-10(2)11-6-7-19-15(8-11)20-14-5-4-12(16)9-13(14)17/h4-10,18H,3H2,1-2H3. The zero-order valence-electron chi connectivity index (χ0n) is 11.4. The SMILES string of the molecule is CCNC(C)c1ccnc(Oc2ccc(Br)cc2F)c1. The van der Waals surface area contributed by atoms with Gasteiger partial charge in [-0.3, -0.25) is 0 Å². The molecule has 1 unspecified atom stereocenters. The van der Waals surface area contributed by atoms with Crippen molar-refractivity contribution in [3.63, 3.8) is 0 Å². The van der Waals surface area contributed by atoms with Gasteiger partial charge in [-0.15, -0.1) is 0 Å². The van der Waals surface area contributed by atoms with E-state index in [1.165, 1.54) is 6.07 Å². The molecule has 1 atom stereocenters. The minimum Gasteiger partial charge on any atom is -0.436 e. The van der Waals surface area contributed by atoms with Gasteiger partial charge in [-0.05, 0) is 43.3 Å². The molecule has 5 heteroatoms. The van der Waals surface area contributed by atoms with Gasteiger partial charge in [-0.1, -0.05) is 22.9 Å². The van der Waals surface area contributed by atoms with Crippen LogP contribution in [0.4, 0.5) is 4.39 Å². The van der Waals surface area contributed by atoms with E-state index >= 15 is 0 Å². The van der Waals surface area contributed by atoms with E-state index < -0.39 is 5.82 Å². The Morgan fingerprint density at radius 1 is 1.35 bits per heavy atom. The highest BCUT2D eigenvalue weighted by Crippen LogP contribution is 2.26. The van der Waals surface area contributed by atoms with Crippen LogP contribution >= 0.6 is 15.9 Å². The van der Waals surface area contributed by atoms with Gasteiger partial charge in [0.15, 0.2) is 11.6 Å². The Labute approximate surface area is 126 Å². The molecule has 3 nitrogen and oxygen atoms in total. The van der Waals surface area contributed by atoms with Crippen molar-refractivity contribution < 1.29 is 9.13 Å². The maximum absolute atomic E-state index is 13.7. The van der Waals surface area contributed by atoms with E-state index in [2.05, 4.69) is 33.2 Å². The minimum atomic E-state index is -0.425. The molecule has 2 aromatic rings. The number of rotatable bonds is 5. The summed E-state index contributed by atoms with van der Waals surface area (Å²) < 4.78 is 19.9. The van der Waals surface area contributed by atoms with Gasteiger partial charge in [0.25, 0.3) is 0 Å². The number of pyridine rings is 1. The lowest BCUT2D eigenvalue weighted by molar-refractivity contribution is 0.425. The zero-order valence-corrected chi connectivity index (χ0v) is 12.9. The first-order valence-corrected chi connectivity index (χ1v) is 7.21. The van der Waals surface area contributed by atoms with Gasteiger partial charge in [0.2, 0.25) is 5.88 Å². The van der Waals surface area contributed by atoms with Crippen molar-refractivity contribution in [3.8, 4) is 11.6 Å². The first kappa shape index (κ1) is 14.9. The highest BCUT2D eigenvalue weighted by Gasteiger charge is 2.09. The first-order valence-electron chi connectivity index (χ1n) is 6.42. The molecule has 0 aliphatic carbocycles. The summed E-state index contributed by atoms with van der Waals surface area (Å²) in [5.41, 5.74) is 1.05. The smallest absolute Gasteiger partial charge is 0.219 e. The monoisotopic (exact) mass is 338 g/mol. The summed E-state index contributed by atoms with van der Waals surface area (Å²) in [5.74, 6) is 0.119. The van der Waals surface area contributed by atoms with Crippen LogP contribution in [0.25, 0.3) is 0 Å². The molecule has 0 saturated carbocycles. The van der Waals surface area contributed by atoms with Gasteiger partial charge >= 0.3 is 0 Å². The largest absolute Gasteiger partial charge is 0.436 e.